The van der Waals surface area contributed by atoms with Crippen LogP contribution < -0.4 is 0 Å². The molecular weight excluding hydrogens is 530 g/mol. The van der Waals surface area contributed by atoms with Crippen LogP contribution in [-0.2, 0) is 16.0 Å². The zero-order chi connectivity index (χ0) is 28.1. The third-order valence-corrected chi connectivity index (χ3v) is 8.35. The largest absolute Gasteiger partial charge is 0.478 e. The second kappa shape index (κ2) is 12.6. The number of Topliss-reactive ketones (excluding diaryl/α,β-unsaturated/α-hetero) is 1. The fourth-order valence-corrected chi connectivity index (χ4v) is 6.39. The predicted molar refractivity (Wildman–Crippen MR) is 150 cm³/mol. The maximum atomic E-state index is 13.9. The molecule has 2 unspecified atom stereocenters. The summed E-state index contributed by atoms with van der Waals surface area (Å²) in [6, 6.07) is 11.1. The number of carbonyl (C=O) groups is 3. The van der Waals surface area contributed by atoms with Gasteiger partial charge in [0.1, 0.15) is 6.33 Å². The molecule has 1 aliphatic carbocycles. The van der Waals surface area contributed by atoms with Gasteiger partial charge in [0, 0.05) is 29.6 Å². The molecule has 0 spiro atoms. The van der Waals surface area contributed by atoms with Gasteiger partial charge in [-0.25, -0.2) is 4.79 Å². The number of likely N-dealkylation sites (tertiary alicyclic amines) is 1. The molecule has 9 nitrogen and oxygen atoms in total. The van der Waals surface area contributed by atoms with Crippen molar-refractivity contribution in [3.05, 3.63) is 76.6 Å². The van der Waals surface area contributed by atoms with Crippen molar-refractivity contribution in [2.24, 2.45) is 11.8 Å². The van der Waals surface area contributed by atoms with E-state index < -0.39 is 12.0 Å². The minimum atomic E-state index is -1.01. The molecule has 1 amide bonds. The average molecular weight is 562 g/mol. The number of halogens is 1. The van der Waals surface area contributed by atoms with Crippen molar-refractivity contribution >= 4 is 35.3 Å². The number of aromatic nitrogens is 4. The highest BCUT2D eigenvalue weighted by Gasteiger charge is 2.42. The molecule has 1 aromatic heterocycles. The van der Waals surface area contributed by atoms with Crippen LogP contribution in [0.2, 0.25) is 5.02 Å². The van der Waals surface area contributed by atoms with Crippen molar-refractivity contribution in [1.82, 2.24) is 25.1 Å². The van der Waals surface area contributed by atoms with Gasteiger partial charge < -0.3 is 10.0 Å². The van der Waals surface area contributed by atoms with E-state index in [2.05, 4.69) is 15.5 Å². The highest BCUT2D eigenvalue weighted by molar-refractivity contribution is 6.30. The van der Waals surface area contributed by atoms with Gasteiger partial charge in [0.15, 0.2) is 5.78 Å². The van der Waals surface area contributed by atoms with Gasteiger partial charge in [-0.15, -0.1) is 5.10 Å². The summed E-state index contributed by atoms with van der Waals surface area (Å²) in [7, 11) is 0. The maximum absolute atomic E-state index is 13.9. The number of hydrogen-bond acceptors (Lipinski definition) is 6. The van der Waals surface area contributed by atoms with Crippen molar-refractivity contribution in [3.63, 3.8) is 0 Å². The molecule has 2 aromatic carbocycles. The Morgan fingerprint density at radius 2 is 1.77 bits per heavy atom. The number of rotatable bonds is 8. The van der Waals surface area contributed by atoms with Gasteiger partial charge in [-0.1, -0.05) is 55.8 Å². The Morgan fingerprint density at radius 1 is 1.00 bits per heavy atom. The van der Waals surface area contributed by atoms with E-state index in [0.717, 1.165) is 44.1 Å². The number of ketones is 1. The van der Waals surface area contributed by atoms with Crippen LogP contribution in [0.1, 0.15) is 66.4 Å². The standard InChI is InChI=1S/C30H32ClN5O4/c31-24-13-14-26(36-19-32-33-34-36)23(18-24)12-15-28(38)35-16-4-7-25(21-5-2-1-3-6-21)29(35)27(37)17-20-8-10-22(11-9-20)30(39)40/h8-15,18-19,21,25,29H,1-7,16-17H2,(H,39,40)/b15-12+. The number of carboxylic acid groups (broad SMARTS) is 1. The quantitative estimate of drug-likeness (QED) is 0.383. The molecule has 10 heteroatoms. The maximum Gasteiger partial charge on any atom is 0.335 e. The van der Waals surface area contributed by atoms with E-state index in [4.69, 9.17) is 11.6 Å². The molecule has 1 saturated heterocycles. The third-order valence-electron chi connectivity index (χ3n) is 8.12. The van der Waals surface area contributed by atoms with Crippen LogP contribution >= 0.6 is 11.6 Å². The Kier molecular flexibility index (Phi) is 8.69. The highest BCUT2D eigenvalue weighted by Crippen LogP contribution is 2.39. The minimum Gasteiger partial charge on any atom is -0.478 e. The number of carbonyl (C=O) groups excluding carboxylic acids is 2. The van der Waals surface area contributed by atoms with Crippen LogP contribution in [0.15, 0.2) is 54.9 Å². The highest BCUT2D eigenvalue weighted by atomic mass is 35.5. The van der Waals surface area contributed by atoms with Crippen molar-refractivity contribution in [2.75, 3.05) is 6.54 Å². The van der Waals surface area contributed by atoms with Gasteiger partial charge in [0.25, 0.3) is 0 Å². The lowest BCUT2D eigenvalue weighted by molar-refractivity contribution is -0.141. The molecule has 0 radical (unpaired) electrons. The first-order valence-electron chi connectivity index (χ1n) is 13.8. The topological polar surface area (TPSA) is 118 Å². The fraction of sp³-hybridized carbons (Fsp3) is 0.400. The van der Waals surface area contributed by atoms with E-state index in [-0.39, 0.29) is 29.6 Å². The van der Waals surface area contributed by atoms with Crippen molar-refractivity contribution in [3.8, 4) is 5.69 Å². The van der Waals surface area contributed by atoms with Crippen LogP contribution in [0.5, 0.6) is 0 Å². The fourth-order valence-electron chi connectivity index (χ4n) is 6.21. The molecule has 40 heavy (non-hydrogen) atoms. The molecule has 2 fully saturated rings. The number of aromatic carboxylic acids is 1. The lowest BCUT2D eigenvalue weighted by Gasteiger charge is -2.44. The van der Waals surface area contributed by atoms with Gasteiger partial charge >= 0.3 is 5.97 Å². The number of amides is 1. The first-order valence-corrected chi connectivity index (χ1v) is 14.1. The molecule has 1 N–H and O–H groups in total. The van der Waals surface area contributed by atoms with Crippen molar-refractivity contribution in [2.45, 2.75) is 57.4 Å². The van der Waals surface area contributed by atoms with Gasteiger partial charge in [-0.3, -0.25) is 9.59 Å². The first-order chi connectivity index (χ1) is 19.4. The summed E-state index contributed by atoms with van der Waals surface area (Å²) in [4.78, 5) is 40.6. The molecule has 3 aromatic rings. The van der Waals surface area contributed by atoms with Crippen molar-refractivity contribution < 1.29 is 19.5 Å². The van der Waals surface area contributed by atoms with Crippen LogP contribution in [0.3, 0.4) is 0 Å². The summed E-state index contributed by atoms with van der Waals surface area (Å²) in [5.41, 5.74) is 2.28. The van der Waals surface area contributed by atoms with E-state index in [1.807, 2.05) is 0 Å². The Balaban J connectivity index is 1.41. The van der Waals surface area contributed by atoms with Crippen LogP contribution in [-0.4, -0.2) is 60.5 Å². The summed E-state index contributed by atoms with van der Waals surface area (Å²) < 4.78 is 1.50. The average Bonchev–Trinajstić information content (AvgIpc) is 3.51. The molecule has 208 valence electrons. The number of carboxylic acids is 1. The number of hydrogen-bond donors (Lipinski definition) is 1. The lowest BCUT2D eigenvalue weighted by Crippen LogP contribution is -2.54. The number of benzene rings is 2. The van der Waals surface area contributed by atoms with Crippen LogP contribution in [0.4, 0.5) is 0 Å². The Labute approximate surface area is 237 Å². The number of tetrazole rings is 1. The van der Waals surface area contributed by atoms with Gasteiger partial charge in [0.2, 0.25) is 5.91 Å². The van der Waals surface area contributed by atoms with E-state index in [1.54, 1.807) is 41.3 Å². The number of piperidine rings is 1. The molecule has 2 atom stereocenters. The second-order valence-electron chi connectivity index (χ2n) is 10.6. The van der Waals surface area contributed by atoms with E-state index >= 15 is 0 Å². The van der Waals surface area contributed by atoms with Gasteiger partial charge in [0.05, 0.1) is 17.3 Å². The SMILES string of the molecule is O=C(O)c1ccc(CC(=O)C2C(C3CCCCC3)CCCN2C(=O)/C=C/c2cc(Cl)ccc2-n2cnnn2)cc1. The zero-order valence-electron chi connectivity index (χ0n) is 22.2. The summed E-state index contributed by atoms with van der Waals surface area (Å²) >= 11 is 6.25. The molecule has 2 aliphatic rings. The lowest BCUT2D eigenvalue weighted by atomic mass is 9.71. The van der Waals surface area contributed by atoms with E-state index in [1.165, 1.54) is 35.6 Å². The zero-order valence-corrected chi connectivity index (χ0v) is 22.9. The molecule has 1 saturated carbocycles. The van der Waals surface area contributed by atoms with E-state index in [9.17, 15) is 19.5 Å². The van der Waals surface area contributed by atoms with Gasteiger partial charge in [-0.05, 0) is 77.1 Å². The van der Waals surface area contributed by atoms with Crippen LogP contribution in [0.25, 0.3) is 11.8 Å². The van der Waals surface area contributed by atoms with E-state index in [0.29, 0.717) is 28.7 Å². The summed E-state index contributed by atoms with van der Waals surface area (Å²) in [6.45, 7) is 0.510. The summed E-state index contributed by atoms with van der Waals surface area (Å²) in [6.07, 6.45) is 12.3. The second-order valence-corrected chi connectivity index (χ2v) is 11.1. The Bertz CT molecular complexity index is 1380. The first kappa shape index (κ1) is 27.7. The Morgan fingerprint density at radius 3 is 2.48 bits per heavy atom. The minimum absolute atomic E-state index is 0.00256. The number of nitrogens with zero attached hydrogens (tertiary/aromatic N) is 5. The van der Waals surface area contributed by atoms with Gasteiger partial charge in [-0.2, -0.15) is 4.68 Å². The summed E-state index contributed by atoms with van der Waals surface area (Å²) in [5, 5.41) is 21.1. The Hall–Kier alpha value is -3.85. The normalized spacial score (nSPS) is 20.1. The molecule has 0 bridgehead atoms. The molecule has 5 rings (SSSR count). The summed E-state index contributed by atoms with van der Waals surface area (Å²) in [5.74, 6) is -0.704. The predicted octanol–water partition coefficient (Wildman–Crippen LogP) is 5.03. The molecular formula is C30H32ClN5O4. The molecule has 2 heterocycles. The van der Waals surface area contributed by atoms with Crippen molar-refractivity contribution in [1.29, 1.82) is 0 Å². The third kappa shape index (κ3) is 6.31. The monoisotopic (exact) mass is 561 g/mol. The molecule has 1 aliphatic heterocycles. The van der Waals surface area contributed by atoms with Crippen LogP contribution in [0, 0.1) is 11.8 Å². The smallest absolute Gasteiger partial charge is 0.335 e.